The van der Waals surface area contributed by atoms with E-state index >= 15 is 0 Å². The Hall–Kier alpha value is -6.57. The van der Waals surface area contributed by atoms with Crippen LogP contribution in [-0.4, -0.2) is 44.0 Å². The van der Waals surface area contributed by atoms with Crippen molar-refractivity contribution < 1.29 is 29.3 Å². The number of pyridine rings is 2. The van der Waals surface area contributed by atoms with Gasteiger partial charge in [-0.25, -0.2) is 0 Å². The third-order valence-electron chi connectivity index (χ3n) is 15.6. The molecule has 0 saturated carbocycles. The summed E-state index contributed by atoms with van der Waals surface area (Å²) in [5.74, 6) is 0. The van der Waals surface area contributed by atoms with Crippen LogP contribution in [0.1, 0.15) is 176 Å². The summed E-state index contributed by atoms with van der Waals surface area (Å²) < 4.78 is 4.80. The van der Waals surface area contributed by atoms with Crippen LogP contribution < -0.4 is 0 Å². The predicted molar refractivity (Wildman–Crippen MR) is 303 cm³/mol. The lowest BCUT2D eigenvalue weighted by Gasteiger charge is -2.34. The first-order chi connectivity index (χ1) is 35.6. The fourth-order valence-corrected chi connectivity index (χ4v) is 10.0. The number of aromatic nitrogens is 2. The fraction of sp³-hybridized carbons (Fsp3) is 0.394. The standard InChI is InChI=1S/C33H43NO.C32H39NO3.CO2/c1-7-12-26-13-20-31(34-24-26)28-15-17-29(18-16-28)33(10-4,11-5)30-19-14-27(25(6)23-30)21-22-32(35,8-2)9-3;1-6-31(35,7-2)19-18-26-11-16-29(20-24(26)5)32(8-3,9-4)28-14-12-27(13-15-28)30-17-10-25(21-33-30)22-36-23-34;2-1-3/h13-24,35H,7-12H2,1-6H3;10-21,23,35H,6-9,22H2,1-5H3;/b22-21+;19-18+;. The highest BCUT2D eigenvalue weighted by Crippen LogP contribution is 2.42. The molecule has 4 aromatic carbocycles. The third kappa shape index (κ3) is 15.0. The van der Waals surface area contributed by atoms with Crippen molar-refractivity contribution in [2.24, 2.45) is 0 Å². The highest BCUT2D eigenvalue weighted by Gasteiger charge is 2.32. The summed E-state index contributed by atoms with van der Waals surface area (Å²) >= 11 is 0. The number of ether oxygens (including phenoxy) is 1. The molecule has 392 valence electrons. The average molecular weight is 999 g/mol. The zero-order valence-corrected chi connectivity index (χ0v) is 46.1. The van der Waals surface area contributed by atoms with Gasteiger partial charge in [-0.1, -0.05) is 190 Å². The molecule has 0 spiro atoms. The zero-order chi connectivity index (χ0) is 54.4. The number of hydrogen-bond acceptors (Lipinski definition) is 8. The van der Waals surface area contributed by atoms with Crippen LogP contribution in [0.4, 0.5) is 0 Å². The van der Waals surface area contributed by atoms with Crippen LogP contribution in [0.25, 0.3) is 34.7 Å². The van der Waals surface area contributed by atoms with E-state index in [9.17, 15) is 15.0 Å². The number of aliphatic hydroxyl groups is 2. The van der Waals surface area contributed by atoms with E-state index in [0.29, 0.717) is 19.3 Å². The van der Waals surface area contributed by atoms with Gasteiger partial charge in [-0.3, -0.25) is 14.8 Å². The topological polar surface area (TPSA) is 127 Å². The average Bonchev–Trinajstić information content (AvgIpc) is 3.44. The largest absolute Gasteiger partial charge is 0.463 e. The summed E-state index contributed by atoms with van der Waals surface area (Å²) in [6.07, 6.45) is 21.2. The number of aryl methyl sites for hydroxylation is 3. The minimum absolute atomic E-state index is 0.0302. The van der Waals surface area contributed by atoms with Gasteiger partial charge in [0.15, 0.2) is 0 Å². The second-order valence-electron chi connectivity index (χ2n) is 19.5. The summed E-state index contributed by atoms with van der Waals surface area (Å²) in [6.45, 7) is 24.4. The molecule has 6 aromatic rings. The molecule has 2 N–H and O–H groups in total. The van der Waals surface area contributed by atoms with E-state index in [2.05, 4.69) is 163 Å². The summed E-state index contributed by atoms with van der Waals surface area (Å²) in [4.78, 5) is 35.9. The molecule has 0 amide bonds. The molecule has 0 unspecified atom stereocenters. The minimum atomic E-state index is -0.748. The fourth-order valence-electron chi connectivity index (χ4n) is 10.0. The number of rotatable bonds is 23. The van der Waals surface area contributed by atoms with E-state index in [4.69, 9.17) is 19.3 Å². The van der Waals surface area contributed by atoms with Crippen LogP contribution in [0.3, 0.4) is 0 Å². The van der Waals surface area contributed by atoms with E-state index in [1.54, 1.807) is 6.20 Å². The lowest BCUT2D eigenvalue weighted by atomic mass is 9.70. The minimum Gasteiger partial charge on any atom is -0.463 e. The molecule has 0 aliphatic rings. The van der Waals surface area contributed by atoms with Crippen molar-refractivity contribution in [3.05, 3.63) is 189 Å². The molecule has 0 bridgehead atoms. The molecule has 0 fully saturated rings. The van der Waals surface area contributed by atoms with Crippen molar-refractivity contribution in [1.29, 1.82) is 0 Å². The maximum Gasteiger partial charge on any atom is 0.373 e. The Morgan fingerprint density at radius 2 is 0.865 bits per heavy atom. The number of carbonyl (C=O) groups excluding carboxylic acids is 3. The third-order valence-corrected chi connectivity index (χ3v) is 15.6. The van der Waals surface area contributed by atoms with Crippen LogP contribution in [0, 0.1) is 13.8 Å². The predicted octanol–water partition coefficient (Wildman–Crippen LogP) is 15.5. The van der Waals surface area contributed by atoms with Crippen LogP contribution in [0.2, 0.25) is 0 Å². The summed E-state index contributed by atoms with van der Waals surface area (Å²) in [6, 6.07) is 39.5. The normalized spacial score (nSPS) is 11.9. The van der Waals surface area contributed by atoms with E-state index in [1.165, 1.54) is 44.5 Å². The first-order valence-corrected chi connectivity index (χ1v) is 26.8. The van der Waals surface area contributed by atoms with Gasteiger partial charge in [-0.2, -0.15) is 9.59 Å². The molecule has 2 aromatic heterocycles. The molecular formula is C66H82N2O6. The number of hydrogen-bond donors (Lipinski definition) is 2. The second-order valence-corrected chi connectivity index (χ2v) is 19.5. The van der Waals surface area contributed by atoms with Crippen molar-refractivity contribution in [2.45, 2.75) is 169 Å². The summed E-state index contributed by atoms with van der Waals surface area (Å²) in [7, 11) is 0. The van der Waals surface area contributed by atoms with Gasteiger partial charge in [-0.15, -0.1) is 0 Å². The number of benzene rings is 4. The summed E-state index contributed by atoms with van der Waals surface area (Å²) in [5, 5.41) is 21.3. The highest BCUT2D eigenvalue weighted by molar-refractivity contribution is 5.63. The zero-order valence-electron chi connectivity index (χ0n) is 46.1. The van der Waals surface area contributed by atoms with Crippen LogP contribution in [0.15, 0.2) is 134 Å². The molecule has 0 atom stereocenters. The van der Waals surface area contributed by atoms with Crippen molar-refractivity contribution in [3.8, 4) is 22.5 Å². The van der Waals surface area contributed by atoms with Crippen molar-refractivity contribution in [2.75, 3.05) is 0 Å². The van der Waals surface area contributed by atoms with Crippen LogP contribution in [-0.2, 0) is 43.0 Å². The Balaban J connectivity index is 0.000000304. The highest BCUT2D eigenvalue weighted by atomic mass is 16.5. The molecule has 74 heavy (non-hydrogen) atoms. The van der Waals surface area contributed by atoms with E-state index in [0.717, 1.165) is 85.0 Å². The Kier molecular flexibility index (Phi) is 23.3. The molecule has 0 aliphatic carbocycles. The Morgan fingerprint density at radius 3 is 1.16 bits per heavy atom. The van der Waals surface area contributed by atoms with Gasteiger partial charge in [0.2, 0.25) is 0 Å². The van der Waals surface area contributed by atoms with Gasteiger partial charge >= 0.3 is 6.15 Å². The summed E-state index contributed by atoms with van der Waals surface area (Å²) in [5.41, 5.74) is 14.8. The number of carbonyl (C=O) groups is 1. The molecule has 8 nitrogen and oxygen atoms in total. The molecule has 0 radical (unpaired) electrons. The number of nitrogens with zero attached hydrogens (tertiary/aromatic N) is 2. The maximum atomic E-state index is 10.6. The molecule has 6 rings (SSSR count). The smallest absolute Gasteiger partial charge is 0.373 e. The molecule has 2 heterocycles. The first-order valence-electron chi connectivity index (χ1n) is 26.8. The van der Waals surface area contributed by atoms with Gasteiger partial charge in [0.1, 0.15) is 6.61 Å². The molecule has 0 aliphatic heterocycles. The van der Waals surface area contributed by atoms with Gasteiger partial charge in [0.25, 0.3) is 6.47 Å². The monoisotopic (exact) mass is 999 g/mol. The Labute approximate surface area is 443 Å². The lowest BCUT2D eigenvalue weighted by molar-refractivity contribution is -0.191. The second kappa shape index (κ2) is 28.8. The Bertz CT molecular complexity index is 2730. The van der Waals surface area contributed by atoms with Crippen molar-refractivity contribution in [3.63, 3.8) is 0 Å². The van der Waals surface area contributed by atoms with Crippen molar-refractivity contribution in [1.82, 2.24) is 9.97 Å². The van der Waals surface area contributed by atoms with Gasteiger partial charge in [0, 0.05) is 39.9 Å². The van der Waals surface area contributed by atoms with E-state index in [-0.39, 0.29) is 23.6 Å². The van der Waals surface area contributed by atoms with Gasteiger partial charge < -0.3 is 14.9 Å². The quantitative estimate of drug-likeness (QED) is 0.0608. The lowest BCUT2D eigenvalue weighted by Crippen LogP contribution is -2.26. The van der Waals surface area contributed by atoms with Crippen LogP contribution >= 0.6 is 0 Å². The molecule has 0 saturated heterocycles. The maximum absolute atomic E-state index is 10.6. The van der Waals surface area contributed by atoms with Crippen molar-refractivity contribution >= 4 is 24.8 Å². The van der Waals surface area contributed by atoms with E-state index < -0.39 is 11.2 Å². The molecular weight excluding hydrogens is 917 g/mol. The van der Waals surface area contributed by atoms with Gasteiger partial charge in [-0.05, 0) is 134 Å². The van der Waals surface area contributed by atoms with Crippen LogP contribution in [0.5, 0.6) is 0 Å². The Morgan fingerprint density at radius 1 is 0.500 bits per heavy atom. The SMILES string of the molecule is CCC(O)(/C=C/c1ccc(C(CC)(CC)c2ccc(-c3ccc(COC=O)cn3)cc2)cc1C)CC.CCCc1ccc(-c2ccc(C(CC)(CC)c3ccc(/C=C/C(O)(CC)CC)c(C)c3)cc2)nc1.O=C=O. The molecule has 8 heteroatoms. The van der Waals surface area contributed by atoms with Gasteiger partial charge in [0.05, 0.1) is 22.6 Å². The van der Waals surface area contributed by atoms with E-state index in [1.807, 2.05) is 58.2 Å². The first kappa shape index (κ1) is 60.0.